The number of nitrogens with zero attached hydrogens (tertiary/aromatic N) is 1. The molecule has 4 rings (SSSR count). The summed E-state index contributed by atoms with van der Waals surface area (Å²) in [6, 6.07) is 21.9. The van der Waals surface area contributed by atoms with Crippen LogP contribution in [0.3, 0.4) is 0 Å². The van der Waals surface area contributed by atoms with Crippen LogP contribution in [0.2, 0.25) is 0 Å². The lowest BCUT2D eigenvalue weighted by Gasteiger charge is -2.18. The van der Waals surface area contributed by atoms with E-state index in [4.69, 9.17) is 4.74 Å². The summed E-state index contributed by atoms with van der Waals surface area (Å²) in [5.41, 5.74) is 1.04. The molecule has 9 heteroatoms. The van der Waals surface area contributed by atoms with Crippen LogP contribution in [0.15, 0.2) is 83.8 Å². The standard InChI is InChI=1S/C24H23N3O5S/c1-25-33(30,31)22-13-7-17(8-14-22)24(29)26-18-15-23(28)27(16-18)19-9-11-21(12-10-19)32-20-5-3-2-4-6-20/h2-14,18,25H,15-16H2,1H3,(H,26,29). The van der Waals surface area contributed by atoms with Crippen molar-refractivity contribution in [1.29, 1.82) is 0 Å². The molecule has 0 aromatic heterocycles. The van der Waals surface area contributed by atoms with Crippen molar-refractivity contribution >= 4 is 27.5 Å². The van der Waals surface area contributed by atoms with Crippen LogP contribution in [0, 0.1) is 0 Å². The highest BCUT2D eigenvalue weighted by molar-refractivity contribution is 7.89. The predicted molar refractivity (Wildman–Crippen MR) is 124 cm³/mol. The maximum atomic E-state index is 12.6. The zero-order chi connectivity index (χ0) is 23.4. The summed E-state index contributed by atoms with van der Waals surface area (Å²) < 4.78 is 31.6. The van der Waals surface area contributed by atoms with E-state index >= 15 is 0 Å². The molecule has 1 aliphatic heterocycles. The van der Waals surface area contributed by atoms with Gasteiger partial charge in [0.1, 0.15) is 11.5 Å². The number of hydrogen-bond acceptors (Lipinski definition) is 5. The number of rotatable bonds is 7. The van der Waals surface area contributed by atoms with Crippen molar-refractivity contribution in [2.24, 2.45) is 0 Å². The molecule has 2 N–H and O–H groups in total. The van der Waals surface area contributed by atoms with Crippen LogP contribution in [0.4, 0.5) is 5.69 Å². The van der Waals surface area contributed by atoms with E-state index in [1.165, 1.54) is 31.3 Å². The van der Waals surface area contributed by atoms with Crippen molar-refractivity contribution in [3.63, 3.8) is 0 Å². The zero-order valence-corrected chi connectivity index (χ0v) is 18.7. The van der Waals surface area contributed by atoms with Gasteiger partial charge in [0.05, 0.1) is 10.9 Å². The van der Waals surface area contributed by atoms with Gasteiger partial charge in [-0.25, -0.2) is 13.1 Å². The fourth-order valence-electron chi connectivity index (χ4n) is 3.54. The molecule has 0 aliphatic carbocycles. The summed E-state index contributed by atoms with van der Waals surface area (Å²) in [4.78, 5) is 26.8. The van der Waals surface area contributed by atoms with E-state index in [9.17, 15) is 18.0 Å². The Hall–Kier alpha value is -3.69. The molecule has 1 fully saturated rings. The van der Waals surface area contributed by atoms with E-state index < -0.39 is 10.0 Å². The van der Waals surface area contributed by atoms with E-state index in [2.05, 4.69) is 10.0 Å². The highest BCUT2D eigenvalue weighted by atomic mass is 32.2. The van der Waals surface area contributed by atoms with Crippen LogP contribution >= 0.6 is 0 Å². The van der Waals surface area contributed by atoms with Gasteiger partial charge < -0.3 is 15.0 Å². The van der Waals surface area contributed by atoms with Gasteiger partial charge in [-0.1, -0.05) is 18.2 Å². The number of carbonyl (C=O) groups is 2. The quantitative estimate of drug-likeness (QED) is 0.558. The van der Waals surface area contributed by atoms with Crippen molar-refractivity contribution in [1.82, 2.24) is 10.0 Å². The molecule has 0 bridgehead atoms. The Balaban J connectivity index is 1.37. The lowest BCUT2D eigenvalue weighted by molar-refractivity contribution is -0.117. The van der Waals surface area contributed by atoms with Crippen LogP contribution in [-0.2, 0) is 14.8 Å². The normalized spacial score (nSPS) is 16.0. The first-order valence-corrected chi connectivity index (χ1v) is 11.8. The number of hydrogen-bond donors (Lipinski definition) is 2. The van der Waals surface area contributed by atoms with Gasteiger partial charge in [-0.3, -0.25) is 9.59 Å². The van der Waals surface area contributed by atoms with Crippen LogP contribution in [0.5, 0.6) is 11.5 Å². The maximum absolute atomic E-state index is 12.6. The first kappa shape index (κ1) is 22.5. The van der Waals surface area contributed by atoms with Gasteiger partial charge in [0.2, 0.25) is 15.9 Å². The van der Waals surface area contributed by atoms with Crippen LogP contribution in [0.25, 0.3) is 0 Å². The second-order valence-electron chi connectivity index (χ2n) is 7.52. The molecule has 8 nitrogen and oxygen atoms in total. The summed E-state index contributed by atoms with van der Waals surface area (Å²) in [5, 5.41) is 2.85. The van der Waals surface area contributed by atoms with Crippen LogP contribution in [0.1, 0.15) is 16.8 Å². The molecular formula is C24H23N3O5S. The second-order valence-corrected chi connectivity index (χ2v) is 9.41. The van der Waals surface area contributed by atoms with Crippen molar-refractivity contribution < 1.29 is 22.7 Å². The maximum Gasteiger partial charge on any atom is 0.251 e. The first-order chi connectivity index (χ1) is 15.9. The molecule has 170 valence electrons. The predicted octanol–water partition coefficient (Wildman–Crippen LogP) is 2.92. The minimum absolute atomic E-state index is 0.0726. The Morgan fingerprint density at radius 3 is 2.21 bits per heavy atom. The van der Waals surface area contributed by atoms with E-state index in [1.807, 2.05) is 30.3 Å². The SMILES string of the molecule is CNS(=O)(=O)c1ccc(C(=O)NC2CC(=O)N(c3ccc(Oc4ccccc4)cc3)C2)cc1. The number of sulfonamides is 1. The Labute approximate surface area is 192 Å². The number of amides is 2. The molecule has 3 aromatic rings. The molecule has 1 atom stereocenters. The molecule has 1 heterocycles. The fourth-order valence-corrected chi connectivity index (χ4v) is 4.27. The Kier molecular flexibility index (Phi) is 6.43. The number of carbonyl (C=O) groups excluding carboxylic acids is 2. The number of nitrogens with one attached hydrogen (secondary N) is 2. The topological polar surface area (TPSA) is 105 Å². The minimum Gasteiger partial charge on any atom is -0.457 e. The zero-order valence-electron chi connectivity index (χ0n) is 17.9. The van der Waals surface area contributed by atoms with E-state index in [1.54, 1.807) is 29.2 Å². The highest BCUT2D eigenvalue weighted by Crippen LogP contribution is 2.27. The van der Waals surface area contributed by atoms with Crippen molar-refractivity contribution in [3.8, 4) is 11.5 Å². The first-order valence-electron chi connectivity index (χ1n) is 10.3. The van der Waals surface area contributed by atoms with Crippen LogP contribution < -0.4 is 19.7 Å². The van der Waals surface area contributed by atoms with Gasteiger partial charge in [-0.15, -0.1) is 0 Å². The largest absolute Gasteiger partial charge is 0.457 e. The van der Waals surface area contributed by atoms with Gasteiger partial charge in [-0.05, 0) is 67.7 Å². The van der Waals surface area contributed by atoms with Crippen molar-refractivity contribution in [2.75, 3.05) is 18.5 Å². The number of benzene rings is 3. The fraction of sp³-hybridized carbons (Fsp3) is 0.167. The smallest absolute Gasteiger partial charge is 0.251 e. The van der Waals surface area contributed by atoms with E-state index in [-0.39, 0.29) is 29.2 Å². The Morgan fingerprint density at radius 1 is 0.939 bits per heavy atom. The average Bonchev–Trinajstić information content (AvgIpc) is 3.20. The van der Waals surface area contributed by atoms with Crippen molar-refractivity contribution in [2.45, 2.75) is 17.4 Å². The summed E-state index contributed by atoms with van der Waals surface area (Å²) in [7, 11) is -2.25. The third-order valence-electron chi connectivity index (χ3n) is 5.28. The molecule has 1 aliphatic rings. The summed E-state index contributed by atoms with van der Waals surface area (Å²) in [6.45, 7) is 0.343. The lowest BCUT2D eigenvalue weighted by Crippen LogP contribution is -2.37. The summed E-state index contributed by atoms with van der Waals surface area (Å²) in [5.74, 6) is 0.925. The summed E-state index contributed by atoms with van der Waals surface area (Å²) in [6.07, 6.45) is 0.181. The van der Waals surface area contributed by atoms with Gasteiger partial charge in [-0.2, -0.15) is 0 Å². The molecule has 2 amide bonds. The average molecular weight is 466 g/mol. The minimum atomic E-state index is -3.57. The Morgan fingerprint density at radius 2 is 1.58 bits per heavy atom. The third-order valence-corrected chi connectivity index (χ3v) is 6.71. The number of anilines is 1. The monoisotopic (exact) mass is 465 g/mol. The van der Waals surface area contributed by atoms with Gasteiger partial charge in [0, 0.05) is 24.2 Å². The summed E-state index contributed by atoms with van der Waals surface area (Å²) >= 11 is 0. The van der Waals surface area contributed by atoms with E-state index in [0.29, 0.717) is 17.9 Å². The van der Waals surface area contributed by atoms with E-state index in [0.717, 1.165) is 11.4 Å². The lowest BCUT2D eigenvalue weighted by atomic mass is 10.2. The van der Waals surface area contributed by atoms with Crippen LogP contribution in [-0.4, -0.2) is 39.9 Å². The van der Waals surface area contributed by atoms with Crippen molar-refractivity contribution in [3.05, 3.63) is 84.4 Å². The highest BCUT2D eigenvalue weighted by Gasteiger charge is 2.31. The molecular weight excluding hydrogens is 442 g/mol. The third kappa shape index (κ3) is 5.21. The van der Waals surface area contributed by atoms with Gasteiger partial charge in [0.15, 0.2) is 0 Å². The van der Waals surface area contributed by atoms with Gasteiger partial charge in [0.25, 0.3) is 5.91 Å². The molecule has 0 radical (unpaired) electrons. The second kappa shape index (κ2) is 9.43. The number of para-hydroxylation sites is 1. The molecule has 33 heavy (non-hydrogen) atoms. The molecule has 0 spiro atoms. The molecule has 3 aromatic carbocycles. The molecule has 1 unspecified atom stereocenters. The Bertz CT molecular complexity index is 1240. The van der Waals surface area contributed by atoms with Gasteiger partial charge >= 0.3 is 0 Å². The molecule has 1 saturated heterocycles. The molecule has 0 saturated carbocycles. The number of ether oxygens (including phenoxy) is 1.